The second-order valence-corrected chi connectivity index (χ2v) is 10.2. The molecule has 1 heterocycles. The summed E-state index contributed by atoms with van der Waals surface area (Å²) in [5.74, 6) is -1.21. The number of alkyl carbamates (subject to hydrolysis) is 1. The molecule has 2 aromatic carbocycles. The molecule has 1 atom stereocenters. The smallest absolute Gasteiger partial charge is 0.408 e. The van der Waals surface area contributed by atoms with Crippen molar-refractivity contribution < 1.29 is 28.2 Å². The van der Waals surface area contributed by atoms with Crippen molar-refractivity contribution in [1.82, 2.24) is 10.2 Å². The number of halogens is 1. The van der Waals surface area contributed by atoms with Crippen LogP contribution in [-0.2, 0) is 14.3 Å². The van der Waals surface area contributed by atoms with E-state index in [0.29, 0.717) is 36.2 Å². The average molecular weight is 500 g/mol. The summed E-state index contributed by atoms with van der Waals surface area (Å²) in [5.41, 5.74) is 0.130. The standard InChI is InChI=1S/C27H34FN3O5/c1-26(2,3)36-25(34)29-27(24(33)30(4)5)13-8-14-31(17-27)22-12-11-19(16-21(22)23(32)35-6)18-9-7-10-20(28)15-18/h7,9-12,15-16H,8,13-14,17H2,1-6H3,(H,29,34). The van der Waals surface area contributed by atoms with Crippen molar-refractivity contribution in [3.63, 3.8) is 0 Å². The SMILES string of the molecule is COC(=O)c1cc(-c2cccc(F)c2)ccc1N1CCCC(NC(=O)OC(C)(C)C)(C(=O)N(C)C)C1. The van der Waals surface area contributed by atoms with E-state index in [1.54, 1.807) is 65.2 Å². The molecule has 2 aromatic rings. The number of esters is 1. The van der Waals surface area contributed by atoms with Crippen LogP contribution in [0, 0.1) is 5.82 Å². The summed E-state index contributed by atoms with van der Waals surface area (Å²) >= 11 is 0. The highest BCUT2D eigenvalue weighted by Crippen LogP contribution is 2.33. The van der Waals surface area contributed by atoms with E-state index in [2.05, 4.69) is 5.32 Å². The molecular weight excluding hydrogens is 465 g/mol. The molecule has 2 amide bonds. The Bertz CT molecular complexity index is 1140. The zero-order chi connectivity index (χ0) is 26.7. The second kappa shape index (κ2) is 10.6. The number of nitrogens with one attached hydrogen (secondary N) is 1. The van der Waals surface area contributed by atoms with Crippen LogP contribution in [0.25, 0.3) is 11.1 Å². The van der Waals surface area contributed by atoms with Gasteiger partial charge in [-0.25, -0.2) is 14.0 Å². The molecule has 0 bridgehead atoms. The number of rotatable bonds is 5. The van der Waals surface area contributed by atoms with Gasteiger partial charge in [0.25, 0.3) is 0 Å². The Balaban J connectivity index is 2.01. The molecule has 9 heteroatoms. The van der Waals surface area contributed by atoms with Gasteiger partial charge in [-0.1, -0.05) is 18.2 Å². The molecule has 1 fully saturated rings. The summed E-state index contributed by atoms with van der Waals surface area (Å²) in [7, 11) is 4.56. The number of carbonyl (C=O) groups is 3. The maximum atomic E-state index is 13.8. The Kier molecular flexibility index (Phi) is 7.91. The number of piperidine rings is 1. The molecule has 1 aliphatic rings. The summed E-state index contributed by atoms with van der Waals surface area (Å²) in [5, 5.41) is 2.82. The largest absolute Gasteiger partial charge is 0.465 e. The van der Waals surface area contributed by atoms with Gasteiger partial charge in [-0.2, -0.15) is 0 Å². The Labute approximate surface area is 211 Å². The number of methoxy groups -OCH3 is 1. The van der Waals surface area contributed by atoms with Crippen LogP contribution in [-0.4, -0.2) is 68.3 Å². The van der Waals surface area contributed by atoms with Gasteiger partial charge in [-0.05, 0) is 69.0 Å². The summed E-state index contributed by atoms with van der Waals surface area (Å²) in [6.07, 6.45) is 0.310. The molecular formula is C27H34FN3O5. The van der Waals surface area contributed by atoms with E-state index in [0.717, 1.165) is 0 Å². The lowest BCUT2D eigenvalue weighted by atomic mass is 9.86. The van der Waals surface area contributed by atoms with Crippen molar-refractivity contribution in [2.24, 2.45) is 0 Å². The van der Waals surface area contributed by atoms with Gasteiger partial charge in [0.05, 0.1) is 24.9 Å². The first-order valence-corrected chi connectivity index (χ1v) is 11.8. The normalized spacial score (nSPS) is 17.8. The molecule has 194 valence electrons. The fraction of sp³-hybridized carbons (Fsp3) is 0.444. The number of hydrogen-bond donors (Lipinski definition) is 1. The first-order chi connectivity index (χ1) is 16.8. The molecule has 1 unspecified atom stereocenters. The van der Waals surface area contributed by atoms with Gasteiger partial charge in [-0.3, -0.25) is 4.79 Å². The molecule has 0 radical (unpaired) electrons. The van der Waals surface area contributed by atoms with Crippen LogP contribution in [0.1, 0.15) is 44.0 Å². The van der Waals surface area contributed by atoms with Gasteiger partial charge >= 0.3 is 12.1 Å². The third-order valence-corrected chi connectivity index (χ3v) is 5.95. The molecule has 0 saturated carbocycles. The average Bonchev–Trinajstić information content (AvgIpc) is 2.81. The zero-order valence-electron chi connectivity index (χ0n) is 21.7. The maximum Gasteiger partial charge on any atom is 0.408 e. The first-order valence-electron chi connectivity index (χ1n) is 11.8. The fourth-order valence-corrected chi connectivity index (χ4v) is 4.45. The van der Waals surface area contributed by atoms with Gasteiger partial charge in [0.1, 0.15) is 17.0 Å². The van der Waals surface area contributed by atoms with Crippen molar-refractivity contribution in [2.45, 2.75) is 44.8 Å². The number of benzene rings is 2. The van der Waals surface area contributed by atoms with Crippen LogP contribution in [0.5, 0.6) is 0 Å². The predicted molar refractivity (Wildman–Crippen MR) is 135 cm³/mol. The highest BCUT2D eigenvalue weighted by Gasteiger charge is 2.46. The van der Waals surface area contributed by atoms with E-state index < -0.39 is 23.2 Å². The van der Waals surface area contributed by atoms with Crippen molar-refractivity contribution >= 4 is 23.7 Å². The Morgan fingerprint density at radius 3 is 2.39 bits per heavy atom. The topological polar surface area (TPSA) is 88.2 Å². The molecule has 36 heavy (non-hydrogen) atoms. The molecule has 8 nitrogen and oxygen atoms in total. The van der Waals surface area contributed by atoms with E-state index in [9.17, 15) is 18.8 Å². The lowest BCUT2D eigenvalue weighted by Gasteiger charge is -2.44. The fourth-order valence-electron chi connectivity index (χ4n) is 4.45. The monoisotopic (exact) mass is 499 g/mol. The van der Waals surface area contributed by atoms with E-state index in [-0.39, 0.29) is 23.8 Å². The molecule has 1 aliphatic heterocycles. The van der Waals surface area contributed by atoms with E-state index in [4.69, 9.17) is 9.47 Å². The highest BCUT2D eigenvalue weighted by molar-refractivity contribution is 5.98. The molecule has 1 saturated heterocycles. The minimum Gasteiger partial charge on any atom is -0.465 e. The third-order valence-electron chi connectivity index (χ3n) is 5.95. The number of amides is 2. The van der Waals surface area contributed by atoms with Crippen molar-refractivity contribution in [3.05, 3.63) is 53.8 Å². The summed E-state index contributed by atoms with van der Waals surface area (Å²) in [6.45, 7) is 5.95. The van der Waals surface area contributed by atoms with E-state index >= 15 is 0 Å². The number of nitrogens with zero attached hydrogens (tertiary/aromatic N) is 2. The zero-order valence-corrected chi connectivity index (χ0v) is 21.7. The number of carbonyl (C=O) groups excluding carboxylic acids is 3. The number of hydrogen-bond acceptors (Lipinski definition) is 6. The van der Waals surface area contributed by atoms with Crippen LogP contribution in [0.15, 0.2) is 42.5 Å². The van der Waals surface area contributed by atoms with Gasteiger partial charge < -0.3 is 24.6 Å². The van der Waals surface area contributed by atoms with Crippen molar-refractivity contribution in [3.8, 4) is 11.1 Å². The van der Waals surface area contributed by atoms with Crippen LogP contribution in [0.2, 0.25) is 0 Å². The number of ether oxygens (including phenoxy) is 2. The quantitative estimate of drug-likeness (QED) is 0.620. The number of likely N-dealkylation sites (N-methyl/N-ethyl adjacent to an activating group) is 1. The van der Waals surface area contributed by atoms with Crippen molar-refractivity contribution in [1.29, 1.82) is 0 Å². The Morgan fingerprint density at radius 2 is 1.78 bits per heavy atom. The van der Waals surface area contributed by atoms with E-state index in [1.807, 2.05) is 4.90 Å². The van der Waals surface area contributed by atoms with Crippen molar-refractivity contribution in [2.75, 3.05) is 39.2 Å². The molecule has 0 aromatic heterocycles. The van der Waals surface area contributed by atoms with Crippen LogP contribution < -0.4 is 10.2 Å². The lowest BCUT2D eigenvalue weighted by Crippen LogP contribution is -2.66. The summed E-state index contributed by atoms with van der Waals surface area (Å²) < 4.78 is 24.3. The molecule has 1 N–H and O–H groups in total. The third kappa shape index (κ3) is 6.13. The second-order valence-electron chi connectivity index (χ2n) is 10.2. The highest BCUT2D eigenvalue weighted by atomic mass is 19.1. The Morgan fingerprint density at radius 1 is 1.08 bits per heavy atom. The van der Waals surface area contributed by atoms with Gasteiger partial charge in [0.15, 0.2) is 0 Å². The van der Waals surface area contributed by atoms with Gasteiger partial charge in [-0.15, -0.1) is 0 Å². The molecule has 0 spiro atoms. The summed E-state index contributed by atoms with van der Waals surface area (Å²) in [4.78, 5) is 42.2. The molecule has 0 aliphatic carbocycles. The lowest BCUT2D eigenvalue weighted by molar-refractivity contribution is -0.136. The summed E-state index contributed by atoms with van der Waals surface area (Å²) in [6, 6.07) is 11.3. The van der Waals surface area contributed by atoms with E-state index in [1.165, 1.54) is 24.1 Å². The van der Waals surface area contributed by atoms with Crippen LogP contribution >= 0.6 is 0 Å². The van der Waals surface area contributed by atoms with Gasteiger partial charge in [0.2, 0.25) is 5.91 Å². The predicted octanol–water partition coefficient (Wildman–Crippen LogP) is 4.23. The first kappa shape index (κ1) is 27.0. The number of anilines is 1. The van der Waals surface area contributed by atoms with Crippen LogP contribution in [0.4, 0.5) is 14.9 Å². The van der Waals surface area contributed by atoms with Gasteiger partial charge in [0, 0.05) is 20.6 Å². The maximum absolute atomic E-state index is 13.8. The minimum atomic E-state index is -1.25. The Hall–Kier alpha value is -3.62. The molecule has 3 rings (SSSR count). The minimum absolute atomic E-state index is 0.132. The van der Waals surface area contributed by atoms with Crippen LogP contribution in [0.3, 0.4) is 0 Å².